The van der Waals surface area contributed by atoms with Crippen molar-refractivity contribution in [1.29, 1.82) is 0 Å². The Kier molecular flexibility index (Phi) is 2.65. The highest BCUT2D eigenvalue weighted by Crippen LogP contribution is 2.37. The molecule has 0 saturated heterocycles. The van der Waals surface area contributed by atoms with Gasteiger partial charge in [-0.3, -0.25) is 5.10 Å². The van der Waals surface area contributed by atoms with Crippen LogP contribution in [-0.2, 0) is 6.18 Å². The highest BCUT2D eigenvalue weighted by molar-refractivity contribution is 5.69. The normalized spacial score (nSPS) is 11.8. The van der Waals surface area contributed by atoms with Crippen LogP contribution in [0.15, 0.2) is 24.3 Å². The summed E-state index contributed by atoms with van der Waals surface area (Å²) < 4.78 is 51.5. The number of nitrogens with zero attached hydrogens (tertiary/aromatic N) is 1. The van der Waals surface area contributed by atoms with E-state index in [1.54, 1.807) is 0 Å². The number of rotatable bonds is 1. The molecule has 1 aromatic heterocycles. The van der Waals surface area contributed by atoms with Gasteiger partial charge in [0.15, 0.2) is 5.69 Å². The zero-order valence-electron chi connectivity index (χ0n) is 8.77. The number of alkyl halides is 3. The van der Waals surface area contributed by atoms with Crippen molar-refractivity contribution in [2.45, 2.75) is 13.1 Å². The second kappa shape index (κ2) is 3.87. The number of benzene rings is 1. The van der Waals surface area contributed by atoms with Crippen molar-refractivity contribution in [3.8, 4) is 11.1 Å². The van der Waals surface area contributed by atoms with Gasteiger partial charge in [-0.15, -0.1) is 0 Å². The number of hydrogen-bond donors (Lipinski definition) is 1. The molecule has 2 aromatic rings. The van der Waals surface area contributed by atoms with Gasteiger partial charge < -0.3 is 0 Å². The van der Waals surface area contributed by atoms with E-state index in [1.165, 1.54) is 25.1 Å². The molecular weight excluding hydrogens is 236 g/mol. The first kappa shape index (κ1) is 11.6. The monoisotopic (exact) mass is 244 g/mol. The standard InChI is InChI=1S/C11H8F4N2/c1-6-9(7-4-2-3-5-8(7)12)10(17-16-6)11(13,14)15/h2-5H,1H3,(H,16,17). The minimum Gasteiger partial charge on any atom is -0.282 e. The van der Waals surface area contributed by atoms with Crippen molar-refractivity contribution in [2.24, 2.45) is 0 Å². The quantitative estimate of drug-likeness (QED) is 0.763. The van der Waals surface area contributed by atoms with Crippen LogP contribution in [0.25, 0.3) is 11.1 Å². The van der Waals surface area contributed by atoms with Crippen molar-refractivity contribution in [3.05, 3.63) is 41.5 Å². The van der Waals surface area contributed by atoms with E-state index < -0.39 is 17.7 Å². The molecule has 0 saturated carbocycles. The molecule has 1 aromatic carbocycles. The Hall–Kier alpha value is -1.85. The maximum Gasteiger partial charge on any atom is 0.435 e. The number of aromatic nitrogens is 2. The van der Waals surface area contributed by atoms with E-state index in [1.807, 2.05) is 0 Å². The number of halogens is 4. The first-order chi connectivity index (χ1) is 7.91. The summed E-state index contributed by atoms with van der Waals surface area (Å²) in [7, 11) is 0. The molecule has 0 spiro atoms. The van der Waals surface area contributed by atoms with Crippen LogP contribution in [0.2, 0.25) is 0 Å². The van der Waals surface area contributed by atoms with Gasteiger partial charge in [-0.25, -0.2) is 4.39 Å². The molecule has 17 heavy (non-hydrogen) atoms. The highest BCUT2D eigenvalue weighted by Gasteiger charge is 2.38. The maximum absolute atomic E-state index is 13.5. The molecule has 0 atom stereocenters. The summed E-state index contributed by atoms with van der Waals surface area (Å²) in [6, 6.07) is 5.30. The van der Waals surface area contributed by atoms with E-state index in [0.717, 1.165) is 6.07 Å². The van der Waals surface area contributed by atoms with Gasteiger partial charge in [0.2, 0.25) is 0 Å². The molecule has 0 amide bonds. The number of aromatic amines is 1. The van der Waals surface area contributed by atoms with Gasteiger partial charge in [0.1, 0.15) is 5.82 Å². The van der Waals surface area contributed by atoms with E-state index in [0.29, 0.717) is 0 Å². The van der Waals surface area contributed by atoms with Gasteiger partial charge >= 0.3 is 6.18 Å². The summed E-state index contributed by atoms with van der Waals surface area (Å²) >= 11 is 0. The van der Waals surface area contributed by atoms with Crippen LogP contribution < -0.4 is 0 Å². The molecule has 2 rings (SSSR count). The Balaban J connectivity index is 2.68. The zero-order chi connectivity index (χ0) is 12.6. The lowest BCUT2D eigenvalue weighted by atomic mass is 10.0. The Morgan fingerprint density at radius 1 is 1.18 bits per heavy atom. The molecule has 2 nitrogen and oxygen atoms in total. The third kappa shape index (κ3) is 2.02. The summed E-state index contributed by atoms with van der Waals surface area (Å²) in [5.41, 5.74) is -1.26. The van der Waals surface area contributed by atoms with E-state index >= 15 is 0 Å². The van der Waals surface area contributed by atoms with Crippen LogP contribution in [0.5, 0.6) is 0 Å². The molecular formula is C11H8F4N2. The summed E-state index contributed by atoms with van der Waals surface area (Å²) in [5, 5.41) is 5.42. The number of aryl methyl sites for hydroxylation is 1. The Labute approximate surface area is 94.3 Å². The highest BCUT2D eigenvalue weighted by atomic mass is 19.4. The summed E-state index contributed by atoms with van der Waals surface area (Å²) in [4.78, 5) is 0. The van der Waals surface area contributed by atoms with Crippen LogP contribution >= 0.6 is 0 Å². The van der Waals surface area contributed by atoms with E-state index in [4.69, 9.17) is 0 Å². The van der Waals surface area contributed by atoms with Crippen molar-refractivity contribution < 1.29 is 17.6 Å². The topological polar surface area (TPSA) is 28.7 Å². The van der Waals surface area contributed by atoms with Crippen molar-refractivity contribution >= 4 is 0 Å². The third-order valence-corrected chi connectivity index (χ3v) is 2.36. The molecule has 1 heterocycles. The molecule has 1 N–H and O–H groups in total. The zero-order valence-corrected chi connectivity index (χ0v) is 8.77. The van der Waals surface area contributed by atoms with E-state index in [-0.39, 0.29) is 16.8 Å². The fourth-order valence-corrected chi connectivity index (χ4v) is 1.63. The average Bonchev–Trinajstić information content (AvgIpc) is 2.60. The molecule has 0 aliphatic rings. The molecule has 0 aliphatic heterocycles. The van der Waals surface area contributed by atoms with Gasteiger partial charge in [0.05, 0.1) is 0 Å². The van der Waals surface area contributed by atoms with Gasteiger partial charge in [-0.05, 0) is 13.0 Å². The summed E-state index contributed by atoms with van der Waals surface area (Å²) in [6.07, 6.45) is -4.61. The molecule has 0 aliphatic carbocycles. The number of nitrogens with one attached hydrogen (secondary N) is 1. The van der Waals surface area contributed by atoms with Crippen molar-refractivity contribution in [3.63, 3.8) is 0 Å². The van der Waals surface area contributed by atoms with Gasteiger partial charge in [0, 0.05) is 16.8 Å². The van der Waals surface area contributed by atoms with E-state index in [9.17, 15) is 17.6 Å². The second-order valence-corrected chi connectivity index (χ2v) is 3.55. The molecule has 90 valence electrons. The molecule has 0 fully saturated rings. The molecule has 6 heteroatoms. The lowest BCUT2D eigenvalue weighted by Gasteiger charge is -2.07. The molecule has 0 radical (unpaired) electrons. The minimum atomic E-state index is -4.61. The largest absolute Gasteiger partial charge is 0.435 e. The fraction of sp³-hybridized carbons (Fsp3) is 0.182. The molecule has 0 bridgehead atoms. The van der Waals surface area contributed by atoms with Crippen LogP contribution in [0.1, 0.15) is 11.4 Å². The van der Waals surface area contributed by atoms with Crippen LogP contribution in [-0.4, -0.2) is 10.2 Å². The minimum absolute atomic E-state index is 0.105. The summed E-state index contributed by atoms with van der Waals surface area (Å²) in [5.74, 6) is -0.706. The third-order valence-electron chi connectivity index (χ3n) is 2.36. The maximum atomic E-state index is 13.5. The fourth-order valence-electron chi connectivity index (χ4n) is 1.63. The van der Waals surface area contributed by atoms with E-state index in [2.05, 4.69) is 10.2 Å². The van der Waals surface area contributed by atoms with Crippen molar-refractivity contribution in [2.75, 3.05) is 0 Å². The van der Waals surface area contributed by atoms with Gasteiger partial charge in [0.25, 0.3) is 0 Å². The number of hydrogen-bond acceptors (Lipinski definition) is 1. The average molecular weight is 244 g/mol. The van der Waals surface area contributed by atoms with Crippen molar-refractivity contribution in [1.82, 2.24) is 10.2 Å². The van der Waals surface area contributed by atoms with Crippen LogP contribution in [0, 0.1) is 12.7 Å². The van der Waals surface area contributed by atoms with Gasteiger partial charge in [-0.1, -0.05) is 18.2 Å². The molecule has 0 unspecified atom stereocenters. The van der Waals surface area contributed by atoms with Gasteiger partial charge in [-0.2, -0.15) is 18.3 Å². The lowest BCUT2D eigenvalue weighted by molar-refractivity contribution is -0.140. The lowest BCUT2D eigenvalue weighted by Crippen LogP contribution is -2.07. The number of H-pyrrole nitrogens is 1. The first-order valence-corrected chi connectivity index (χ1v) is 4.78. The Bertz CT molecular complexity index is 543. The first-order valence-electron chi connectivity index (χ1n) is 4.78. The smallest absolute Gasteiger partial charge is 0.282 e. The Morgan fingerprint density at radius 2 is 1.82 bits per heavy atom. The van der Waals surface area contributed by atoms with Crippen LogP contribution in [0.4, 0.5) is 17.6 Å². The summed E-state index contributed by atoms with van der Waals surface area (Å²) in [6.45, 7) is 1.42. The second-order valence-electron chi connectivity index (χ2n) is 3.55. The SMILES string of the molecule is Cc1[nH]nc(C(F)(F)F)c1-c1ccccc1F. The predicted molar refractivity (Wildman–Crippen MR) is 53.7 cm³/mol. The van der Waals surface area contributed by atoms with Crippen LogP contribution in [0.3, 0.4) is 0 Å². The Morgan fingerprint density at radius 3 is 2.41 bits per heavy atom. The predicted octanol–water partition coefficient (Wildman–Crippen LogP) is 3.54.